The van der Waals surface area contributed by atoms with Crippen molar-refractivity contribution in [2.45, 2.75) is 23.4 Å². The van der Waals surface area contributed by atoms with E-state index in [1.54, 1.807) is 41.4 Å². The van der Waals surface area contributed by atoms with Gasteiger partial charge in [0.1, 0.15) is 10.0 Å². The summed E-state index contributed by atoms with van der Waals surface area (Å²) in [6, 6.07) is 8.01. The fourth-order valence-electron chi connectivity index (χ4n) is 2.40. The number of benzene rings is 1. The van der Waals surface area contributed by atoms with Gasteiger partial charge in [0.25, 0.3) is 0 Å². The molecule has 0 spiro atoms. The number of nitrogens with one attached hydrogen (secondary N) is 3. The third-order valence-corrected chi connectivity index (χ3v) is 7.15. The van der Waals surface area contributed by atoms with Gasteiger partial charge in [-0.15, -0.1) is 35.3 Å². The second kappa shape index (κ2) is 13.4. The molecule has 0 aliphatic carbocycles. The van der Waals surface area contributed by atoms with Crippen LogP contribution in [0.25, 0.3) is 0 Å². The molecule has 0 saturated heterocycles. The first-order valence-corrected chi connectivity index (χ1v) is 12.5. The van der Waals surface area contributed by atoms with Crippen LogP contribution in [0.2, 0.25) is 0 Å². The summed E-state index contributed by atoms with van der Waals surface area (Å²) in [7, 11) is -3.47. The SMILES string of the molecule is CCNC(=NCc1ccc(F)cc1CSC)NCCNS(=O)(=O)c1cccs1.I. The predicted molar refractivity (Wildman–Crippen MR) is 131 cm³/mol. The Labute approximate surface area is 197 Å². The maximum atomic E-state index is 13.5. The number of thioether (sulfide) groups is 1. The van der Waals surface area contributed by atoms with E-state index in [-0.39, 0.29) is 36.3 Å². The quantitative estimate of drug-likeness (QED) is 0.176. The minimum atomic E-state index is -3.47. The van der Waals surface area contributed by atoms with Crippen LogP contribution < -0.4 is 15.4 Å². The maximum Gasteiger partial charge on any atom is 0.250 e. The third-order valence-electron chi connectivity index (χ3n) is 3.69. The number of halogens is 2. The van der Waals surface area contributed by atoms with Gasteiger partial charge in [-0.3, -0.25) is 0 Å². The van der Waals surface area contributed by atoms with E-state index >= 15 is 0 Å². The standard InChI is InChI=1S/C18H25FN4O2S3.HI/c1-3-20-18(21-8-9-23-28(24,25)17-5-4-10-27-17)22-12-14-6-7-16(19)11-15(14)13-26-2;/h4-7,10-11,23H,3,8-9,12-13H2,1-2H3,(H2,20,21,22);1H. The van der Waals surface area contributed by atoms with Gasteiger partial charge in [-0.2, -0.15) is 11.8 Å². The molecule has 1 aromatic carbocycles. The number of thiophene rings is 1. The van der Waals surface area contributed by atoms with E-state index < -0.39 is 10.0 Å². The molecule has 0 fully saturated rings. The number of rotatable bonds is 10. The van der Waals surface area contributed by atoms with Crippen LogP contribution in [0.4, 0.5) is 4.39 Å². The van der Waals surface area contributed by atoms with Gasteiger partial charge in [0.05, 0.1) is 6.54 Å². The minimum Gasteiger partial charge on any atom is -0.357 e. The van der Waals surface area contributed by atoms with Crippen molar-refractivity contribution in [1.29, 1.82) is 0 Å². The number of guanidine groups is 1. The van der Waals surface area contributed by atoms with Crippen LogP contribution in [0, 0.1) is 5.82 Å². The Morgan fingerprint density at radius 2 is 2.00 bits per heavy atom. The van der Waals surface area contributed by atoms with Gasteiger partial charge in [0.2, 0.25) is 10.0 Å². The molecule has 0 aliphatic heterocycles. The molecular formula is C18H26FIN4O2S3. The van der Waals surface area contributed by atoms with E-state index in [1.165, 1.54) is 17.4 Å². The molecule has 29 heavy (non-hydrogen) atoms. The lowest BCUT2D eigenvalue weighted by atomic mass is 10.1. The first-order chi connectivity index (χ1) is 13.5. The molecule has 6 nitrogen and oxygen atoms in total. The van der Waals surface area contributed by atoms with Crippen LogP contribution in [0.5, 0.6) is 0 Å². The van der Waals surface area contributed by atoms with Crippen molar-refractivity contribution in [3.05, 3.63) is 52.7 Å². The third kappa shape index (κ3) is 8.79. The zero-order valence-electron chi connectivity index (χ0n) is 16.3. The van der Waals surface area contributed by atoms with Gasteiger partial charge < -0.3 is 10.6 Å². The largest absolute Gasteiger partial charge is 0.357 e. The number of hydrogen-bond acceptors (Lipinski definition) is 5. The normalized spacial score (nSPS) is 11.8. The summed E-state index contributed by atoms with van der Waals surface area (Å²) < 4.78 is 40.5. The average molecular weight is 573 g/mol. The molecule has 0 saturated carbocycles. The average Bonchev–Trinajstić information content (AvgIpc) is 3.20. The van der Waals surface area contributed by atoms with Gasteiger partial charge in [0, 0.05) is 25.4 Å². The first kappa shape index (κ1) is 26.1. The molecule has 1 aromatic heterocycles. The zero-order chi connectivity index (χ0) is 20.4. The van der Waals surface area contributed by atoms with Gasteiger partial charge in [0.15, 0.2) is 5.96 Å². The molecule has 0 radical (unpaired) electrons. The second-order valence-electron chi connectivity index (χ2n) is 5.80. The lowest BCUT2D eigenvalue weighted by Gasteiger charge is -2.13. The Kier molecular flexibility index (Phi) is 12.1. The molecule has 0 aliphatic rings. The predicted octanol–water partition coefficient (Wildman–Crippen LogP) is 3.40. The summed E-state index contributed by atoms with van der Waals surface area (Å²) in [6.07, 6.45) is 1.97. The Balaban J connectivity index is 0.00000420. The molecule has 0 bridgehead atoms. The van der Waals surface area contributed by atoms with Crippen LogP contribution in [0.15, 0.2) is 44.9 Å². The van der Waals surface area contributed by atoms with Crippen LogP contribution in [-0.2, 0) is 22.3 Å². The fraction of sp³-hybridized carbons (Fsp3) is 0.389. The monoisotopic (exact) mass is 572 g/mol. The fourth-order valence-corrected chi connectivity index (χ4v) is 5.05. The second-order valence-corrected chi connectivity index (χ2v) is 9.61. The topological polar surface area (TPSA) is 82.6 Å². The highest BCUT2D eigenvalue weighted by molar-refractivity contribution is 14.0. The summed E-state index contributed by atoms with van der Waals surface area (Å²) in [5.41, 5.74) is 1.89. The summed E-state index contributed by atoms with van der Waals surface area (Å²) >= 11 is 2.81. The summed E-state index contributed by atoms with van der Waals surface area (Å²) in [6.45, 7) is 3.66. The Bertz CT molecular complexity index is 877. The lowest BCUT2D eigenvalue weighted by molar-refractivity contribution is 0.582. The number of sulfonamides is 1. The van der Waals surface area contributed by atoms with Crippen molar-refractivity contribution in [2.24, 2.45) is 4.99 Å². The lowest BCUT2D eigenvalue weighted by Crippen LogP contribution is -2.41. The Morgan fingerprint density at radius 1 is 1.21 bits per heavy atom. The van der Waals surface area contributed by atoms with Gasteiger partial charge in [-0.1, -0.05) is 12.1 Å². The van der Waals surface area contributed by atoms with Crippen molar-refractivity contribution in [3.63, 3.8) is 0 Å². The van der Waals surface area contributed by atoms with Crippen molar-refractivity contribution in [3.8, 4) is 0 Å². The van der Waals surface area contributed by atoms with Crippen molar-refractivity contribution >= 4 is 63.1 Å². The molecule has 1 heterocycles. The molecule has 3 N–H and O–H groups in total. The molecule has 162 valence electrons. The number of nitrogens with zero attached hydrogens (tertiary/aromatic N) is 1. The maximum absolute atomic E-state index is 13.5. The van der Waals surface area contributed by atoms with E-state index in [1.807, 2.05) is 13.2 Å². The number of hydrogen-bond donors (Lipinski definition) is 3. The van der Waals surface area contributed by atoms with Gasteiger partial charge in [-0.25, -0.2) is 22.5 Å². The molecule has 0 unspecified atom stereocenters. The van der Waals surface area contributed by atoms with Crippen LogP contribution in [-0.4, -0.2) is 40.3 Å². The van der Waals surface area contributed by atoms with Crippen molar-refractivity contribution < 1.29 is 12.8 Å². The Hall–Kier alpha value is -0.890. The minimum absolute atomic E-state index is 0. The van der Waals surface area contributed by atoms with E-state index in [0.29, 0.717) is 29.8 Å². The molecular weight excluding hydrogens is 546 g/mol. The van der Waals surface area contributed by atoms with Crippen LogP contribution in [0.3, 0.4) is 0 Å². The van der Waals surface area contributed by atoms with Crippen LogP contribution >= 0.6 is 47.1 Å². The summed E-state index contributed by atoms with van der Waals surface area (Å²) in [4.78, 5) is 4.53. The highest BCUT2D eigenvalue weighted by Crippen LogP contribution is 2.17. The Morgan fingerprint density at radius 3 is 2.66 bits per heavy atom. The van der Waals surface area contributed by atoms with Crippen molar-refractivity contribution in [2.75, 3.05) is 25.9 Å². The van der Waals surface area contributed by atoms with Gasteiger partial charge in [-0.05, 0) is 47.9 Å². The van der Waals surface area contributed by atoms with E-state index in [9.17, 15) is 12.8 Å². The van der Waals surface area contributed by atoms with E-state index in [2.05, 4.69) is 20.3 Å². The molecule has 0 atom stereocenters. The molecule has 11 heteroatoms. The summed E-state index contributed by atoms with van der Waals surface area (Å²) in [5, 5.41) is 7.96. The van der Waals surface area contributed by atoms with Gasteiger partial charge >= 0.3 is 0 Å². The van der Waals surface area contributed by atoms with E-state index in [0.717, 1.165) is 16.9 Å². The highest BCUT2D eigenvalue weighted by atomic mass is 127. The first-order valence-electron chi connectivity index (χ1n) is 8.78. The van der Waals surface area contributed by atoms with Crippen molar-refractivity contribution in [1.82, 2.24) is 15.4 Å². The molecule has 0 amide bonds. The molecule has 2 rings (SSSR count). The van der Waals surface area contributed by atoms with E-state index in [4.69, 9.17) is 0 Å². The van der Waals surface area contributed by atoms with Crippen LogP contribution in [0.1, 0.15) is 18.1 Å². The molecule has 2 aromatic rings. The summed E-state index contributed by atoms with van der Waals surface area (Å²) in [5.74, 6) is 1.05. The highest BCUT2D eigenvalue weighted by Gasteiger charge is 2.13. The number of aliphatic imine (C=N–C) groups is 1. The zero-order valence-corrected chi connectivity index (χ0v) is 21.1. The smallest absolute Gasteiger partial charge is 0.250 e.